The summed E-state index contributed by atoms with van der Waals surface area (Å²) < 4.78 is 4.18. The summed E-state index contributed by atoms with van der Waals surface area (Å²) in [6.45, 7) is 12.5. The van der Waals surface area contributed by atoms with Crippen LogP contribution in [0.1, 0.15) is 70.0 Å². The number of carbonyl (C=O) groups excluding carboxylic acids is 1. The number of carbonyl (C=O) groups is 1. The van der Waals surface area contributed by atoms with E-state index >= 15 is 0 Å². The molecular weight excluding hydrogens is 316 g/mol. The molecule has 3 heterocycles. The van der Waals surface area contributed by atoms with Gasteiger partial charge in [-0.15, -0.1) is 10.2 Å². The minimum absolute atomic E-state index is 0.143. The van der Waals surface area contributed by atoms with Gasteiger partial charge in [0, 0.05) is 50.3 Å². The Morgan fingerprint density at radius 3 is 2.40 bits per heavy atom. The molecule has 2 aromatic rings. The van der Waals surface area contributed by atoms with Gasteiger partial charge in [-0.25, -0.2) is 4.98 Å². The maximum atomic E-state index is 13.0. The van der Waals surface area contributed by atoms with Gasteiger partial charge in [0.25, 0.3) is 0 Å². The smallest absolute Gasteiger partial charge is 0.245 e. The van der Waals surface area contributed by atoms with Gasteiger partial charge in [0.15, 0.2) is 0 Å². The first-order valence-corrected chi connectivity index (χ1v) is 9.13. The topological polar surface area (TPSA) is 68.8 Å². The van der Waals surface area contributed by atoms with E-state index in [1.807, 2.05) is 22.6 Å². The van der Waals surface area contributed by atoms with Gasteiger partial charge in [-0.2, -0.15) is 0 Å². The number of rotatable bonds is 4. The Hall–Kier alpha value is -2.18. The Balaban J connectivity index is 1.75. The van der Waals surface area contributed by atoms with Gasteiger partial charge in [0.1, 0.15) is 23.5 Å². The molecule has 0 radical (unpaired) electrons. The summed E-state index contributed by atoms with van der Waals surface area (Å²) in [6.07, 6.45) is 4.43. The summed E-state index contributed by atoms with van der Waals surface area (Å²) in [5.41, 5.74) is 0. The van der Waals surface area contributed by atoms with Crippen molar-refractivity contribution in [1.29, 1.82) is 0 Å². The molecule has 1 amide bonds. The fourth-order valence-corrected chi connectivity index (χ4v) is 3.48. The van der Waals surface area contributed by atoms with Crippen molar-refractivity contribution in [2.24, 2.45) is 0 Å². The summed E-state index contributed by atoms with van der Waals surface area (Å²) in [5.74, 6) is 3.71. The first-order valence-electron chi connectivity index (χ1n) is 9.13. The number of nitrogens with zero attached hydrogens (tertiary/aromatic N) is 6. The number of hydrogen-bond acceptors (Lipinski definition) is 4. The number of amides is 1. The highest BCUT2D eigenvalue weighted by Crippen LogP contribution is 2.21. The van der Waals surface area contributed by atoms with E-state index in [4.69, 9.17) is 0 Å². The number of fused-ring (bicyclic) bond motifs is 1. The van der Waals surface area contributed by atoms with Gasteiger partial charge >= 0.3 is 0 Å². The number of imidazole rings is 1. The maximum absolute atomic E-state index is 13.0. The Labute approximate surface area is 149 Å². The average molecular weight is 344 g/mol. The average Bonchev–Trinajstić information content (AvgIpc) is 3.16. The molecule has 1 atom stereocenters. The van der Waals surface area contributed by atoms with E-state index in [2.05, 4.69) is 47.4 Å². The SMILES string of the molecule is CC(C)c1nccn1[C@@H](C)C(=O)N1CCc2nnc(C(C)C)n2CC1. The van der Waals surface area contributed by atoms with Crippen LogP contribution in [0, 0.1) is 0 Å². The summed E-state index contributed by atoms with van der Waals surface area (Å²) >= 11 is 0. The zero-order valence-electron chi connectivity index (χ0n) is 15.8. The molecule has 2 aromatic heterocycles. The molecule has 0 unspecified atom stereocenters. The maximum Gasteiger partial charge on any atom is 0.245 e. The second-order valence-corrected chi connectivity index (χ2v) is 7.38. The molecular formula is C18H28N6O. The van der Waals surface area contributed by atoms with Crippen molar-refractivity contribution in [3.8, 4) is 0 Å². The lowest BCUT2D eigenvalue weighted by molar-refractivity contribution is -0.134. The van der Waals surface area contributed by atoms with E-state index in [1.54, 1.807) is 6.20 Å². The van der Waals surface area contributed by atoms with Crippen molar-refractivity contribution >= 4 is 5.91 Å². The highest BCUT2D eigenvalue weighted by molar-refractivity contribution is 5.80. The molecule has 0 spiro atoms. The van der Waals surface area contributed by atoms with Crippen LogP contribution in [0.25, 0.3) is 0 Å². The largest absolute Gasteiger partial charge is 0.339 e. The van der Waals surface area contributed by atoms with Gasteiger partial charge in [-0.1, -0.05) is 27.7 Å². The normalized spacial score (nSPS) is 16.2. The van der Waals surface area contributed by atoms with E-state index in [0.717, 1.165) is 30.4 Å². The van der Waals surface area contributed by atoms with E-state index in [1.165, 1.54) is 0 Å². The molecule has 25 heavy (non-hydrogen) atoms. The zero-order chi connectivity index (χ0) is 18.1. The Morgan fingerprint density at radius 1 is 1.00 bits per heavy atom. The van der Waals surface area contributed by atoms with Crippen LogP contribution in [-0.2, 0) is 17.8 Å². The van der Waals surface area contributed by atoms with Crippen molar-refractivity contribution in [1.82, 2.24) is 29.2 Å². The van der Waals surface area contributed by atoms with Crippen LogP contribution >= 0.6 is 0 Å². The van der Waals surface area contributed by atoms with Crippen LogP contribution < -0.4 is 0 Å². The summed E-state index contributed by atoms with van der Waals surface area (Å²) in [5, 5.41) is 8.64. The first-order chi connectivity index (χ1) is 11.9. The molecule has 0 aliphatic carbocycles. The molecule has 3 rings (SSSR count). The minimum atomic E-state index is -0.243. The van der Waals surface area contributed by atoms with Gasteiger partial charge < -0.3 is 14.0 Å². The molecule has 1 aliphatic heterocycles. The lowest BCUT2D eigenvalue weighted by Gasteiger charge is -2.26. The van der Waals surface area contributed by atoms with Crippen molar-refractivity contribution in [2.45, 2.75) is 65.5 Å². The van der Waals surface area contributed by atoms with Crippen LogP contribution in [0.4, 0.5) is 0 Å². The Bertz CT molecular complexity index is 745. The fraction of sp³-hybridized carbons (Fsp3) is 0.667. The fourth-order valence-electron chi connectivity index (χ4n) is 3.48. The predicted molar refractivity (Wildman–Crippen MR) is 95.4 cm³/mol. The monoisotopic (exact) mass is 344 g/mol. The molecule has 0 N–H and O–H groups in total. The van der Waals surface area contributed by atoms with Crippen molar-refractivity contribution < 1.29 is 4.79 Å². The number of hydrogen-bond donors (Lipinski definition) is 0. The summed E-state index contributed by atoms with van der Waals surface area (Å²) in [4.78, 5) is 19.4. The third-order valence-corrected chi connectivity index (χ3v) is 4.87. The highest BCUT2D eigenvalue weighted by Gasteiger charge is 2.27. The van der Waals surface area contributed by atoms with Gasteiger partial charge in [0.2, 0.25) is 5.91 Å². The molecule has 0 aromatic carbocycles. The highest BCUT2D eigenvalue weighted by atomic mass is 16.2. The lowest BCUT2D eigenvalue weighted by Crippen LogP contribution is -2.38. The van der Waals surface area contributed by atoms with E-state index in [0.29, 0.717) is 24.9 Å². The van der Waals surface area contributed by atoms with Crippen molar-refractivity contribution in [3.63, 3.8) is 0 Å². The van der Waals surface area contributed by atoms with Crippen LogP contribution in [0.2, 0.25) is 0 Å². The molecule has 0 saturated carbocycles. The third kappa shape index (κ3) is 3.32. The first kappa shape index (κ1) is 17.6. The standard InChI is InChI=1S/C18H28N6O/c1-12(2)16-19-7-9-23(16)14(5)18(25)22-8-6-15-20-21-17(13(3)4)24(15)11-10-22/h7,9,12-14H,6,8,10-11H2,1-5H3/t14-/m0/s1. The molecule has 7 nitrogen and oxygen atoms in total. The van der Waals surface area contributed by atoms with E-state index < -0.39 is 0 Å². The molecule has 0 bridgehead atoms. The van der Waals surface area contributed by atoms with Gasteiger partial charge in [-0.3, -0.25) is 4.79 Å². The van der Waals surface area contributed by atoms with Crippen LogP contribution in [0.5, 0.6) is 0 Å². The predicted octanol–water partition coefficient (Wildman–Crippen LogP) is 2.37. The molecule has 0 fully saturated rings. The third-order valence-electron chi connectivity index (χ3n) is 4.87. The summed E-state index contributed by atoms with van der Waals surface area (Å²) in [6, 6.07) is -0.243. The quantitative estimate of drug-likeness (QED) is 0.854. The van der Waals surface area contributed by atoms with Crippen LogP contribution in [0.15, 0.2) is 12.4 Å². The molecule has 1 aliphatic rings. The second kappa shape index (κ2) is 6.98. The minimum Gasteiger partial charge on any atom is -0.339 e. The van der Waals surface area contributed by atoms with Gasteiger partial charge in [0.05, 0.1) is 0 Å². The Kier molecular flexibility index (Phi) is 4.92. The zero-order valence-corrected chi connectivity index (χ0v) is 15.8. The molecule has 136 valence electrons. The number of aromatic nitrogens is 5. The van der Waals surface area contributed by atoms with E-state index in [-0.39, 0.29) is 11.9 Å². The van der Waals surface area contributed by atoms with E-state index in [9.17, 15) is 4.79 Å². The van der Waals surface area contributed by atoms with Crippen LogP contribution in [-0.4, -0.2) is 48.2 Å². The van der Waals surface area contributed by atoms with Crippen LogP contribution in [0.3, 0.4) is 0 Å². The Morgan fingerprint density at radius 2 is 1.72 bits per heavy atom. The molecule has 0 saturated heterocycles. The second-order valence-electron chi connectivity index (χ2n) is 7.38. The van der Waals surface area contributed by atoms with Gasteiger partial charge in [-0.05, 0) is 6.92 Å². The van der Waals surface area contributed by atoms with Crippen molar-refractivity contribution in [3.05, 3.63) is 29.9 Å². The van der Waals surface area contributed by atoms with Crippen molar-refractivity contribution in [2.75, 3.05) is 13.1 Å². The lowest BCUT2D eigenvalue weighted by atomic mass is 10.2. The summed E-state index contributed by atoms with van der Waals surface area (Å²) in [7, 11) is 0. The molecule has 7 heteroatoms.